The second kappa shape index (κ2) is 5.79. The summed E-state index contributed by atoms with van der Waals surface area (Å²) in [6.45, 7) is 1.05. The summed E-state index contributed by atoms with van der Waals surface area (Å²) < 4.78 is 5.09. The Morgan fingerprint density at radius 2 is 2.14 bits per heavy atom. The van der Waals surface area contributed by atoms with Gasteiger partial charge in [-0.1, -0.05) is 24.3 Å². The monoisotopic (exact) mass is 285 g/mol. The van der Waals surface area contributed by atoms with Crippen LogP contribution in [0.5, 0.6) is 0 Å². The number of likely N-dealkylation sites (tertiary alicyclic amines) is 1. The lowest BCUT2D eigenvalue weighted by atomic mass is 10.0. The van der Waals surface area contributed by atoms with E-state index in [0.29, 0.717) is 19.6 Å². The molecule has 21 heavy (non-hydrogen) atoms. The van der Waals surface area contributed by atoms with Gasteiger partial charge in [0.1, 0.15) is 0 Å². The van der Waals surface area contributed by atoms with E-state index in [0.717, 1.165) is 16.6 Å². The predicted octanol–water partition coefficient (Wildman–Crippen LogP) is 1.48. The number of carbonyl (C=O) groups is 1. The third-order valence-corrected chi connectivity index (χ3v) is 3.93. The number of amides is 1. The van der Waals surface area contributed by atoms with Crippen molar-refractivity contribution in [1.82, 2.24) is 9.88 Å². The van der Waals surface area contributed by atoms with Gasteiger partial charge in [0, 0.05) is 31.5 Å². The quantitative estimate of drug-likeness (QED) is 0.924. The number of benzene rings is 1. The molecule has 1 aromatic carbocycles. The maximum atomic E-state index is 12.1. The summed E-state index contributed by atoms with van der Waals surface area (Å²) in [7, 11) is 1.63. The molecular formula is C16H19N3O2. The highest BCUT2D eigenvalue weighted by Gasteiger charge is 2.39. The molecule has 1 saturated heterocycles. The summed E-state index contributed by atoms with van der Waals surface area (Å²) in [5.74, 6) is 0.0690. The summed E-state index contributed by atoms with van der Waals surface area (Å²) in [5.41, 5.74) is 7.94. The maximum absolute atomic E-state index is 12.1. The van der Waals surface area contributed by atoms with Crippen LogP contribution in [0.15, 0.2) is 36.4 Å². The molecule has 5 nitrogen and oxygen atoms in total. The van der Waals surface area contributed by atoms with Crippen LogP contribution in [0.1, 0.15) is 18.2 Å². The average Bonchev–Trinajstić information content (AvgIpc) is 2.78. The summed E-state index contributed by atoms with van der Waals surface area (Å²) in [5, 5.41) is 1.09. The van der Waals surface area contributed by atoms with Gasteiger partial charge in [-0.05, 0) is 12.1 Å². The molecule has 2 unspecified atom stereocenters. The van der Waals surface area contributed by atoms with Gasteiger partial charge in [0.05, 0.1) is 23.9 Å². The van der Waals surface area contributed by atoms with Crippen molar-refractivity contribution >= 4 is 16.8 Å². The van der Waals surface area contributed by atoms with E-state index in [4.69, 9.17) is 10.5 Å². The molecule has 1 amide bonds. The molecule has 110 valence electrons. The van der Waals surface area contributed by atoms with Crippen LogP contribution in [0, 0.1) is 0 Å². The molecule has 0 aliphatic carbocycles. The lowest BCUT2D eigenvalue weighted by Crippen LogP contribution is -2.35. The lowest BCUT2D eigenvalue weighted by molar-refractivity contribution is -0.129. The average molecular weight is 285 g/mol. The minimum Gasteiger partial charge on any atom is -0.383 e. The van der Waals surface area contributed by atoms with Crippen LogP contribution < -0.4 is 5.73 Å². The summed E-state index contributed by atoms with van der Waals surface area (Å²) in [6.07, 6.45) is 0.364. The fourth-order valence-electron chi connectivity index (χ4n) is 2.90. The van der Waals surface area contributed by atoms with Crippen LogP contribution in [-0.2, 0) is 9.53 Å². The molecule has 2 heterocycles. The Morgan fingerprint density at radius 1 is 1.33 bits per heavy atom. The highest BCUT2D eigenvalue weighted by atomic mass is 16.5. The smallest absolute Gasteiger partial charge is 0.224 e. The number of ether oxygens (including phenoxy) is 1. The first-order valence-corrected chi connectivity index (χ1v) is 7.10. The van der Waals surface area contributed by atoms with Crippen molar-refractivity contribution < 1.29 is 9.53 Å². The minimum absolute atomic E-state index is 0.0690. The fraction of sp³-hybridized carbons (Fsp3) is 0.375. The number of hydrogen-bond donors (Lipinski definition) is 1. The van der Waals surface area contributed by atoms with Crippen LogP contribution >= 0.6 is 0 Å². The zero-order valence-corrected chi connectivity index (χ0v) is 12.0. The largest absolute Gasteiger partial charge is 0.383 e. The SMILES string of the molecule is COCCN1C(=O)CC(N)C1c1ccc2ccccc2n1. The number of pyridine rings is 1. The van der Waals surface area contributed by atoms with Crippen molar-refractivity contribution in [3.05, 3.63) is 42.1 Å². The summed E-state index contributed by atoms with van der Waals surface area (Å²) in [4.78, 5) is 18.6. The number of rotatable bonds is 4. The van der Waals surface area contributed by atoms with Gasteiger partial charge in [0.25, 0.3) is 0 Å². The second-order valence-corrected chi connectivity index (χ2v) is 5.32. The molecule has 0 bridgehead atoms. The molecule has 1 fully saturated rings. The number of carbonyl (C=O) groups excluding carboxylic acids is 1. The molecule has 2 aromatic rings. The van der Waals surface area contributed by atoms with Crippen LogP contribution in [0.3, 0.4) is 0 Å². The molecule has 0 saturated carbocycles. The predicted molar refractivity (Wildman–Crippen MR) is 80.7 cm³/mol. The van der Waals surface area contributed by atoms with Gasteiger partial charge >= 0.3 is 0 Å². The van der Waals surface area contributed by atoms with E-state index in [1.54, 1.807) is 12.0 Å². The number of nitrogens with zero attached hydrogens (tertiary/aromatic N) is 2. The van der Waals surface area contributed by atoms with E-state index in [-0.39, 0.29) is 18.0 Å². The maximum Gasteiger partial charge on any atom is 0.224 e. The van der Waals surface area contributed by atoms with Gasteiger partial charge in [-0.25, -0.2) is 0 Å². The van der Waals surface area contributed by atoms with E-state index in [1.165, 1.54) is 0 Å². The Kier molecular flexibility index (Phi) is 3.86. The van der Waals surface area contributed by atoms with Crippen molar-refractivity contribution in [1.29, 1.82) is 0 Å². The third-order valence-electron chi connectivity index (χ3n) is 3.93. The van der Waals surface area contributed by atoms with Gasteiger partial charge in [0.2, 0.25) is 5.91 Å². The summed E-state index contributed by atoms with van der Waals surface area (Å²) in [6, 6.07) is 11.5. The lowest BCUT2D eigenvalue weighted by Gasteiger charge is -2.26. The first-order valence-electron chi connectivity index (χ1n) is 7.10. The number of methoxy groups -OCH3 is 1. The standard InChI is InChI=1S/C16H19N3O2/c1-21-9-8-19-15(20)10-12(17)16(19)14-7-6-11-4-2-3-5-13(11)18-14/h2-7,12,16H,8-10,17H2,1H3. The Hall–Kier alpha value is -1.98. The van der Waals surface area contributed by atoms with Gasteiger partial charge in [-0.15, -0.1) is 0 Å². The number of nitrogens with two attached hydrogens (primary N) is 1. The normalized spacial score (nSPS) is 22.2. The highest BCUT2D eigenvalue weighted by Crippen LogP contribution is 2.31. The summed E-state index contributed by atoms with van der Waals surface area (Å²) >= 11 is 0. The highest BCUT2D eigenvalue weighted by molar-refractivity contribution is 5.81. The first-order chi connectivity index (χ1) is 10.2. The Balaban J connectivity index is 1.96. The van der Waals surface area contributed by atoms with Crippen LogP contribution in [0.4, 0.5) is 0 Å². The number of aromatic nitrogens is 1. The van der Waals surface area contributed by atoms with Crippen LogP contribution in [0.2, 0.25) is 0 Å². The Morgan fingerprint density at radius 3 is 2.95 bits per heavy atom. The molecule has 1 aliphatic rings. The molecule has 3 rings (SSSR count). The minimum atomic E-state index is -0.219. The van der Waals surface area contributed by atoms with E-state index in [9.17, 15) is 4.79 Å². The van der Waals surface area contributed by atoms with E-state index < -0.39 is 0 Å². The van der Waals surface area contributed by atoms with E-state index >= 15 is 0 Å². The molecule has 2 N–H and O–H groups in total. The third kappa shape index (κ3) is 2.62. The molecule has 0 spiro atoms. The van der Waals surface area contributed by atoms with Gasteiger partial charge in [0.15, 0.2) is 0 Å². The molecule has 5 heteroatoms. The Labute approximate surface area is 123 Å². The van der Waals surface area contributed by atoms with Crippen molar-refractivity contribution in [2.75, 3.05) is 20.3 Å². The van der Waals surface area contributed by atoms with E-state index in [1.807, 2.05) is 36.4 Å². The fourth-order valence-corrected chi connectivity index (χ4v) is 2.90. The number of fused-ring (bicyclic) bond motifs is 1. The van der Waals surface area contributed by atoms with Crippen molar-refractivity contribution in [3.8, 4) is 0 Å². The van der Waals surface area contributed by atoms with Gasteiger partial charge in [-0.3, -0.25) is 9.78 Å². The van der Waals surface area contributed by atoms with Crippen LogP contribution in [0.25, 0.3) is 10.9 Å². The molecule has 1 aliphatic heterocycles. The van der Waals surface area contributed by atoms with Crippen molar-refractivity contribution in [3.63, 3.8) is 0 Å². The zero-order chi connectivity index (χ0) is 14.8. The van der Waals surface area contributed by atoms with Gasteiger partial charge in [-0.2, -0.15) is 0 Å². The molecule has 1 aromatic heterocycles. The molecular weight excluding hydrogens is 266 g/mol. The van der Waals surface area contributed by atoms with Crippen molar-refractivity contribution in [2.45, 2.75) is 18.5 Å². The second-order valence-electron chi connectivity index (χ2n) is 5.32. The molecule has 2 atom stereocenters. The van der Waals surface area contributed by atoms with Crippen LogP contribution in [-0.4, -0.2) is 42.1 Å². The first kappa shape index (κ1) is 14.0. The Bertz CT molecular complexity index is 659. The van der Waals surface area contributed by atoms with E-state index in [2.05, 4.69) is 4.98 Å². The number of para-hydroxylation sites is 1. The number of hydrogen-bond acceptors (Lipinski definition) is 4. The van der Waals surface area contributed by atoms with Gasteiger partial charge < -0.3 is 15.4 Å². The zero-order valence-electron chi connectivity index (χ0n) is 12.0. The molecule has 0 radical (unpaired) electrons. The van der Waals surface area contributed by atoms with Crippen molar-refractivity contribution in [2.24, 2.45) is 5.73 Å². The topological polar surface area (TPSA) is 68.5 Å².